The van der Waals surface area contributed by atoms with E-state index in [2.05, 4.69) is 37.5 Å². The van der Waals surface area contributed by atoms with Crippen molar-refractivity contribution in [2.45, 2.75) is 182 Å². The van der Waals surface area contributed by atoms with Gasteiger partial charge in [0.05, 0.1) is 0 Å². The molecule has 0 aliphatic rings. The van der Waals surface area contributed by atoms with Gasteiger partial charge in [-0.15, -0.1) is 0 Å². The van der Waals surface area contributed by atoms with Crippen LogP contribution in [0, 0.1) is 0 Å². The standard InChI is InChI=1S/2C17H35NS2.Mo.2S/c2*1-3-5-7-9-11-13-15-18(17(19)20)16-14-12-10-8-6-4-2;;;/h2*3-16H2,1-2H3,(H,19,20);;;/q;;+6;2*-2/p-2. The molecular formula is C34H68MoN2S6. The van der Waals surface area contributed by atoms with Crippen molar-refractivity contribution in [3.8, 4) is 0 Å². The first-order chi connectivity index (χ1) is 19.4. The first-order valence-electron chi connectivity index (χ1n) is 17.4. The van der Waals surface area contributed by atoms with Crippen molar-refractivity contribution in [2.75, 3.05) is 26.2 Å². The Morgan fingerprint density at radius 1 is 0.372 bits per heavy atom. The predicted octanol–water partition coefficient (Wildman–Crippen LogP) is 11.7. The van der Waals surface area contributed by atoms with Crippen LogP contribution in [0.15, 0.2) is 0 Å². The average molecular weight is 793 g/mol. The number of hydrogen-bond acceptors (Lipinski definition) is 4. The Bertz CT molecular complexity index is 465. The maximum Gasteiger partial charge on any atom is 6.00 e. The number of hydrogen-bond donors (Lipinski definition) is 0. The molecule has 0 fully saturated rings. The summed E-state index contributed by atoms with van der Waals surface area (Å²) in [6, 6.07) is 0. The van der Waals surface area contributed by atoms with E-state index >= 15 is 0 Å². The van der Waals surface area contributed by atoms with Gasteiger partial charge in [-0.25, -0.2) is 0 Å². The van der Waals surface area contributed by atoms with Crippen LogP contribution in [0.2, 0.25) is 0 Å². The normalized spacial score (nSPS) is 9.95. The van der Waals surface area contributed by atoms with Crippen LogP contribution < -0.4 is 0 Å². The molecule has 2 nitrogen and oxygen atoms in total. The van der Waals surface area contributed by atoms with E-state index in [1.54, 1.807) is 0 Å². The fourth-order valence-corrected chi connectivity index (χ4v) is 5.65. The summed E-state index contributed by atoms with van der Waals surface area (Å²) in [6.07, 6.45) is 32.0. The van der Waals surface area contributed by atoms with Crippen LogP contribution in [0.3, 0.4) is 0 Å². The molecule has 9 heteroatoms. The maximum absolute atomic E-state index is 5.20. The Morgan fingerprint density at radius 2 is 0.535 bits per heavy atom. The molecular weight excluding hydrogens is 725 g/mol. The predicted molar refractivity (Wildman–Crippen MR) is 211 cm³/mol. The van der Waals surface area contributed by atoms with Gasteiger partial charge in [0, 0.05) is 26.2 Å². The van der Waals surface area contributed by atoms with Gasteiger partial charge in [-0.3, -0.25) is 0 Å². The molecule has 0 amide bonds. The monoisotopic (exact) mass is 794 g/mol. The van der Waals surface area contributed by atoms with E-state index in [4.69, 9.17) is 49.7 Å². The minimum atomic E-state index is 0. The summed E-state index contributed by atoms with van der Waals surface area (Å²) in [7, 11) is 0. The Labute approximate surface area is 321 Å². The summed E-state index contributed by atoms with van der Waals surface area (Å²) < 4.78 is 1.35. The van der Waals surface area contributed by atoms with E-state index in [0.29, 0.717) is 8.64 Å². The van der Waals surface area contributed by atoms with Crippen LogP contribution >= 0.6 is 24.4 Å². The molecule has 0 aliphatic heterocycles. The van der Waals surface area contributed by atoms with Gasteiger partial charge in [-0.05, 0) is 25.7 Å². The van der Waals surface area contributed by atoms with Gasteiger partial charge in [-0.2, -0.15) is 0 Å². The van der Waals surface area contributed by atoms with Crippen molar-refractivity contribution in [1.29, 1.82) is 0 Å². The van der Waals surface area contributed by atoms with E-state index in [0.717, 1.165) is 26.2 Å². The average Bonchev–Trinajstić information content (AvgIpc) is 2.93. The third-order valence-corrected chi connectivity index (χ3v) is 8.68. The summed E-state index contributed by atoms with van der Waals surface area (Å²) in [5.74, 6) is 0. The zero-order valence-corrected chi connectivity index (χ0v) is 35.5. The van der Waals surface area contributed by atoms with Crippen LogP contribution in [0.25, 0.3) is 0 Å². The number of thiocarbonyl (C=S) groups is 2. The molecule has 256 valence electrons. The Balaban J connectivity index is -0.000000209. The van der Waals surface area contributed by atoms with Crippen LogP contribution in [0.1, 0.15) is 182 Å². The molecule has 0 aromatic carbocycles. The van der Waals surface area contributed by atoms with E-state index in [1.165, 1.54) is 154 Å². The fraction of sp³-hybridized carbons (Fsp3) is 0.941. The molecule has 0 aliphatic carbocycles. The maximum atomic E-state index is 5.20. The summed E-state index contributed by atoms with van der Waals surface area (Å²) in [4.78, 5) is 4.48. The second kappa shape index (κ2) is 45.7. The van der Waals surface area contributed by atoms with Gasteiger partial charge in [0.1, 0.15) is 0 Å². The van der Waals surface area contributed by atoms with Crippen LogP contribution in [0.5, 0.6) is 0 Å². The molecule has 0 aromatic rings. The van der Waals surface area contributed by atoms with Crippen molar-refractivity contribution in [3.05, 3.63) is 0 Å². The number of unbranched alkanes of at least 4 members (excludes halogenated alkanes) is 20. The van der Waals surface area contributed by atoms with Gasteiger partial charge in [-0.1, -0.05) is 165 Å². The summed E-state index contributed by atoms with van der Waals surface area (Å²) >= 11 is 20.8. The second-order valence-corrected chi connectivity index (χ2v) is 13.6. The van der Waals surface area contributed by atoms with Crippen LogP contribution in [0.4, 0.5) is 0 Å². The van der Waals surface area contributed by atoms with Gasteiger partial charge in [0.2, 0.25) is 0 Å². The van der Waals surface area contributed by atoms with Crippen LogP contribution in [-0.2, 0) is 73.3 Å². The minimum absolute atomic E-state index is 0. The Morgan fingerprint density at radius 3 is 0.698 bits per heavy atom. The van der Waals surface area contributed by atoms with E-state index in [-0.39, 0.29) is 48.1 Å². The topological polar surface area (TPSA) is 6.48 Å². The van der Waals surface area contributed by atoms with Gasteiger partial charge in [0.15, 0.2) is 0 Å². The van der Waals surface area contributed by atoms with E-state index < -0.39 is 0 Å². The van der Waals surface area contributed by atoms with Crippen molar-refractivity contribution in [3.63, 3.8) is 0 Å². The summed E-state index contributed by atoms with van der Waals surface area (Å²) in [6.45, 7) is 13.3. The molecule has 0 N–H and O–H groups in total. The molecule has 0 saturated heterocycles. The molecule has 0 radical (unpaired) electrons. The molecule has 0 bridgehead atoms. The quantitative estimate of drug-likeness (QED) is 0.0335. The Kier molecular flexibility index (Phi) is 57.5. The van der Waals surface area contributed by atoms with Gasteiger partial charge in [0.25, 0.3) is 0 Å². The third-order valence-electron chi connectivity index (χ3n) is 7.64. The zero-order valence-electron chi connectivity index (χ0n) is 28.6. The fourth-order valence-electron chi connectivity index (χ4n) is 4.92. The molecule has 0 saturated carbocycles. The SMILES string of the molecule is CCCCCCCCN(CCCCCCCC)C(=S)[S-].CCCCCCCCN(CCCCCCCC)C(=S)[S-].[Mo+6].[S-2].[S-2]. The molecule has 0 atom stereocenters. The molecule has 0 heterocycles. The van der Waals surface area contributed by atoms with E-state index in [1.807, 2.05) is 0 Å². The van der Waals surface area contributed by atoms with E-state index in [9.17, 15) is 0 Å². The smallest absolute Gasteiger partial charge is 2.00 e. The van der Waals surface area contributed by atoms with Crippen molar-refractivity contribution in [2.24, 2.45) is 0 Å². The molecule has 43 heavy (non-hydrogen) atoms. The number of rotatable bonds is 28. The summed E-state index contributed by atoms with van der Waals surface area (Å²) in [5, 5.41) is 0. The summed E-state index contributed by atoms with van der Waals surface area (Å²) in [5.41, 5.74) is 0. The first-order valence-corrected chi connectivity index (χ1v) is 19.0. The van der Waals surface area contributed by atoms with Crippen molar-refractivity contribution >= 4 is 85.3 Å². The van der Waals surface area contributed by atoms with Crippen molar-refractivity contribution in [1.82, 2.24) is 9.80 Å². The Hall–Kier alpha value is 1.61. The van der Waals surface area contributed by atoms with Crippen molar-refractivity contribution < 1.29 is 21.1 Å². The molecule has 0 aromatic heterocycles. The molecule has 0 unspecified atom stereocenters. The number of nitrogens with zero attached hydrogens (tertiary/aromatic N) is 2. The third kappa shape index (κ3) is 43.6. The first kappa shape index (κ1) is 54.1. The molecule has 0 rings (SSSR count). The minimum Gasteiger partial charge on any atom is -2.00 e. The van der Waals surface area contributed by atoms with Gasteiger partial charge >= 0.3 is 21.1 Å². The zero-order chi connectivity index (χ0) is 30.1. The second-order valence-electron chi connectivity index (χ2n) is 11.6. The van der Waals surface area contributed by atoms with Crippen LogP contribution in [-0.4, -0.2) is 44.6 Å². The van der Waals surface area contributed by atoms with Gasteiger partial charge < -0.3 is 86.5 Å². The largest absolute Gasteiger partial charge is 6.00 e. The molecule has 0 spiro atoms.